The van der Waals surface area contributed by atoms with Crippen LogP contribution in [0.1, 0.15) is 43.0 Å². The zero-order chi connectivity index (χ0) is 17.9. The van der Waals surface area contributed by atoms with E-state index in [1.54, 1.807) is 27.0 Å². The highest BCUT2D eigenvalue weighted by Crippen LogP contribution is 2.34. The van der Waals surface area contributed by atoms with Gasteiger partial charge in [0, 0.05) is 13.2 Å². The fraction of sp³-hybridized carbons (Fsp3) is 0.333. The summed E-state index contributed by atoms with van der Waals surface area (Å²) < 4.78 is 11.1. The molecule has 128 valence electrons. The van der Waals surface area contributed by atoms with Crippen LogP contribution in [0.4, 0.5) is 5.00 Å². The van der Waals surface area contributed by atoms with Gasteiger partial charge < -0.3 is 14.8 Å². The Morgan fingerprint density at radius 2 is 2.04 bits per heavy atom. The molecule has 0 bridgehead atoms. The molecule has 0 saturated carbocycles. The summed E-state index contributed by atoms with van der Waals surface area (Å²) in [5.74, 6) is -1.64. The van der Waals surface area contributed by atoms with Crippen molar-refractivity contribution in [3.8, 4) is 0 Å². The van der Waals surface area contributed by atoms with Gasteiger partial charge in [-0.3, -0.25) is 9.48 Å². The summed E-state index contributed by atoms with van der Waals surface area (Å²) >= 11 is 0.972. The normalized spacial score (nSPS) is 10.3. The summed E-state index contributed by atoms with van der Waals surface area (Å²) in [4.78, 5) is 36.7. The summed E-state index contributed by atoms with van der Waals surface area (Å²) in [5.41, 5.74) is 0.862. The Bertz CT molecular complexity index is 793. The van der Waals surface area contributed by atoms with Gasteiger partial charge in [-0.25, -0.2) is 9.59 Å². The molecule has 0 atom stereocenters. The third kappa shape index (κ3) is 3.30. The number of carbonyl (C=O) groups is 3. The predicted molar refractivity (Wildman–Crippen MR) is 87.5 cm³/mol. The molecule has 2 heterocycles. The van der Waals surface area contributed by atoms with Gasteiger partial charge in [-0.1, -0.05) is 0 Å². The standard InChI is InChI=1S/C15H17N3O5S/c1-5-23-15(21)11-8(2)10(14(20)22-4)13(24-11)17-12(19)9-6-7-16-18(9)3/h6-7H,5H2,1-4H3,(H,17,19). The molecule has 0 aliphatic heterocycles. The number of nitrogens with one attached hydrogen (secondary N) is 1. The fourth-order valence-electron chi connectivity index (χ4n) is 2.10. The highest BCUT2D eigenvalue weighted by atomic mass is 32.1. The number of carbonyl (C=O) groups excluding carboxylic acids is 3. The minimum Gasteiger partial charge on any atom is -0.465 e. The molecular weight excluding hydrogens is 334 g/mol. The van der Waals surface area contributed by atoms with Crippen LogP contribution in [0.5, 0.6) is 0 Å². The Morgan fingerprint density at radius 1 is 1.33 bits per heavy atom. The SMILES string of the molecule is CCOC(=O)c1sc(NC(=O)c2ccnn2C)c(C(=O)OC)c1C. The van der Waals surface area contributed by atoms with E-state index >= 15 is 0 Å². The summed E-state index contributed by atoms with van der Waals surface area (Å²) in [6.45, 7) is 3.50. The third-order valence-electron chi connectivity index (χ3n) is 3.28. The Balaban J connectivity index is 2.42. The molecule has 1 N–H and O–H groups in total. The number of thiophene rings is 1. The molecule has 0 fully saturated rings. The molecule has 8 nitrogen and oxygen atoms in total. The number of ether oxygens (including phenoxy) is 2. The van der Waals surface area contributed by atoms with E-state index in [0.29, 0.717) is 11.3 Å². The number of aromatic nitrogens is 2. The number of methoxy groups -OCH3 is 1. The number of hydrogen-bond acceptors (Lipinski definition) is 7. The van der Waals surface area contributed by atoms with Crippen LogP contribution < -0.4 is 5.32 Å². The van der Waals surface area contributed by atoms with Crippen LogP contribution in [0.25, 0.3) is 0 Å². The summed E-state index contributed by atoms with van der Waals surface area (Å²) in [6, 6.07) is 1.54. The minimum absolute atomic E-state index is 0.140. The number of hydrogen-bond donors (Lipinski definition) is 1. The zero-order valence-electron chi connectivity index (χ0n) is 13.7. The maximum absolute atomic E-state index is 12.3. The van der Waals surface area contributed by atoms with Gasteiger partial charge in [0.05, 0.1) is 19.3 Å². The Labute approximate surface area is 142 Å². The molecule has 0 unspecified atom stereocenters. The predicted octanol–water partition coefficient (Wildman–Crippen LogP) is 2.01. The van der Waals surface area contributed by atoms with E-state index in [4.69, 9.17) is 9.47 Å². The lowest BCUT2D eigenvalue weighted by Gasteiger charge is -2.06. The molecule has 2 aromatic rings. The third-order valence-corrected chi connectivity index (χ3v) is 4.47. The van der Waals surface area contributed by atoms with E-state index in [9.17, 15) is 14.4 Å². The van der Waals surface area contributed by atoms with Crippen molar-refractivity contribution in [1.29, 1.82) is 0 Å². The lowest BCUT2D eigenvalue weighted by molar-refractivity contribution is 0.0531. The van der Waals surface area contributed by atoms with Crippen LogP contribution in [0, 0.1) is 6.92 Å². The van der Waals surface area contributed by atoms with Crippen molar-refractivity contribution in [2.45, 2.75) is 13.8 Å². The summed E-state index contributed by atoms with van der Waals surface area (Å²) in [5, 5.41) is 6.79. The molecule has 9 heteroatoms. The van der Waals surface area contributed by atoms with Gasteiger partial charge >= 0.3 is 11.9 Å². The lowest BCUT2D eigenvalue weighted by atomic mass is 10.1. The molecule has 24 heavy (non-hydrogen) atoms. The second-order valence-corrected chi connectivity index (χ2v) is 5.79. The molecule has 0 spiro atoms. The quantitative estimate of drug-likeness (QED) is 0.827. The highest BCUT2D eigenvalue weighted by Gasteiger charge is 2.27. The van der Waals surface area contributed by atoms with Crippen LogP contribution in [0.3, 0.4) is 0 Å². The smallest absolute Gasteiger partial charge is 0.348 e. The van der Waals surface area contributed by atoms with Crippen LogP contribution >= 0.6 is 11.3 Å². The molecule has 0 aromatic carbocycles. The first-order valence-electron chi connectivity index (χ1n) is 7.08. The van der Waals surface area contributed by atoms with Crippen LogP contribution in [0.15, 0.2) is 12.3 Å². The average Bonchev–Trinajstić information content (AvgIpc) is 3.10. The number of anilines is 1. The second-order valence-electron chi connectivity index (χ2n) is 4.77. The van der Waals surface area contributed by atoms with E-state index in [0.717, 1.165) is 11.3 Å². The first-order valence-corrected chi connectivity index (χ1v) is 7.90. The maximum atomic E-state index is 12.3. The molecule has 0 radical (unpaired) electrons. The first kappa shape index (κ1) is 17.7. The van der Waals surface area contributed by atoms with Crippen molar-refractivity contribution >= 4 is 34.2 Å². The van der Waals surface area contributed by atoms with Crippen molar-refractivity contribution in [3.63, 3.8) is 0 Å². The van der Waals surface area contributed by atoms with Crippen molar-refractivity contribution in [2.75, 3.05) is 19.0 Å². The van der Waals surface area contributed by atoms with Crippen LogP contribution in [-0.4, -0.2) is 41.3 Å². The number of esters is 2. The van der Waals surface area contributed by atoms with Crippen molar-refractivity contribution in [1.82, 2.24) is 9.78 Å². The number of rotatable bonds is 5. The van der Waals surface area contributed by atoms with Crippen molar-refractivity contribution in [2.24, 2.45) is 7.05 Å². The van der Waals surface area contributed by atoms with Crippen molar-refractivity contribution in [3.05, 3.63) is 34.0 Å². The number of amides is 1. The molecule has 1 amide bonds. The molecular formula is C15H17N3O5S. The second kappa shape index (κ2) is 7.26. The Morgan fingerprint density at radius 3 is 2.58 bits per heavy atom. The molecule has 0 aliphatic carbocycles. The van der Waals surface area contributed by atoms with Crippen LogP contribution in [-0.2, 0) is 16.5 Å². The molecule has 0 saturated heterocycles. The largest absolute Gasteiger partial charge is 0.465 e. The monoisotopic (exact) mass is 351 g/mol. The Hall–Kier alpha value is -2.68. The Kier molecular flexibility index (Phi) is 5.35. The van der Waals surface area contributed by atoms with Gasteiger partial charge in [0.25, 0.3) is 5.91 Å². The summed E-state index contributed by atoms with van der Waals surface area (Å²) in [7, 11) is 2.86. The van der Waals surface area contributed by atoms with Crippen LogP contribution in [0.2, 0.25) is 0 Å². The topological polar surface area (TPSA) is 99.5 Å². The van der Waals surface area contributed by atoms with Gasteiger partial charge in [0.2, 0.25) is 0 Å². The zero-order valence-corrected chi connectivity index (χ0v) is 14.5. The highest BCUT2D eigenvalue weighted by molar-refractivity contribution is 7.18. The lowest BCUT2D eigenvalue weighted by Crippen LogP contribution is -2.17. The maximum Gasteiger partial charge on any atom is 0.348 e. The fourth-order valence-corrected chi connectivity index (χ4v) is 3.19. The van der Waals surface area contributed by atoms with Gasteiger partial charge in [-0.05, 0) is 25.5 Å². The van der Waals surface area contributed by atoms with E-state index in [2.05, 4.69) is 10.4 Å². The molecule has 2 rings (SSSR count). The minimum atomic E-state index is -0.639. The van der Waals surface area contributed by atoms with E-state index in [1.807, 2.05) is 0 Å². The number of nitrogens with zero attached hydrogens (tertiary/aromatic N) is 2. The van der Waals surface area contributed by atoms with E-state index < -0.39 is 17.8 Å². The van der Waals surface area contributed by atoms with Gasteiger partial charge in [0.1, 0.15) is 15.6 Å². The average molecular weight is 351 g/mol. The molecule has 2 aromatic heterocycles. The summed E-state index contributed by atoms with van der Waals surface area (Å²) in [6.07, 6.45) is 1.49. The van der Waals surface area contributed by atoms with E-state index in [-0.39, 0.29) is 22.0 Å². The first-order chi connectivity index (χ1) is 11.4. The van der Waals surface area contributed by atoms with E-state index in [1.165, 1.54) is 18.0 Å². The molecule has 0 aliphatic rings. The van der Waals surface area contributed by atoms with Gasteiger partial charge in [-0.15, -0.1) is 11.3 Å². The van der Waals surface area contributed by atoms with Gasteiger partial charge in [0.15, 0.2) is 0 Å². The van der Waals surface area contributed by atoms with Gasteiger partial charge in [-0.2, -0.15) is 5.10 Å². The number of aryl methyl sites for hydroxylation is 1. The van der Waals surface area contributed by atoms with Crippen molar-refractivity contribution < 1.29 is 23.9 Å².